The average molecular weight is 220 g/mol. The molecular formula is C13H20OSi. The van der Waals surface area contributed by atoms with Crippen LogP contribution in [0.3, 0.4) is 0 Å². The summed E-state index contributed by atoms with van der Waals surface area (Å²) in [6.07, 6.45) is 1.22. The largest absolute Gasteiger partial charge is 0.412 e. The van der Waals surface area contributed by atoms with Gasteiger partial charge in [0.05, 0.1) is 5.60 Å². The summed E-state index contributed by atoms with van der Waals surface area (Å²) in [5.74, 6) is 0. The molecule has 15 heavy (non-hydrogen) atoms. The van der Waals surface area contributed by atoms with E-state index in [1.165, 1.54) is 18.0 Å². The number of benzene rings is 1. The lowest BCUT2D eigenvalue weighted by atomic mass is 10.1. The predicted molar refractivity (Wildman–Crippen MR) is 66.4 cm³/mol. The summed E-state index contributed by atoms with van der Waals surface area (Å²) >= 11 is 0. The highest BCUT2D eigenvalue weighted by atomic mass is 28.4. The highest BCUT2D eigenvalue weighted by molar-refractivity contribution is 6.72. The van der Waals surface area contributed by atoms with E-state index in [0.717, 1.165) is 6.04 Å². The first-order valence-electron chi connectivity index (χ1n) is 5.73. The van der Waals surface area contributed by atoms with Gasteiger partial charge in [-0.15, -0.1) is 0 Å². The zero-order chi connectivity index (χ0) is 10.9. The van der Waals surface area contributed by atoms with Gasteiger partial charge in [-0.25, -0.2) is 0 Å². The Bertz CT molecular complexity index is 334. The Morgan fingerprint density at radius 2 is 1.93 bits per heavy atom. The first-order chi connectivity index (χ1) is 6.99. The fourth-order valence-corrected chi connectivity index (χ4v) is 6.50. The van der Waals surface area contributed by atoms with Crippen molar-refractivity contribution in [1.29, 1.82) is 0 Å². The molecule has 0 aromatic heterocycles. The second-order valence-electron chi connectivity index (χ2n) is 5.47. The van der Waals surface area contributed by atoms with Crippen molar-refractivity contribution in [2.24, 2.45) is 0 Å². The molecule has 0 spiro atoms. The van der Waals surface area contributed by atoms with E-state index in [1.807, 2.05) is 0 Å². The maximum atomic E-state index is 6.28. The quantitative estimate of drug-likeness (QED) is 0.693. The summed E-state index contributed by atoms with van der Waals surface area (Å²) in [5, 5.41) is 0. The SMILES string of the molecule is CC1(C)CC[Si](C)(Cc2ccccc2)O1. The van der Waals surface area contributed by atoms with Crippen molar-refractivity contribution in [3.8, 4) is 0 Å². The van der Waals surface area contributed by atoms with Crippen molar-refractivity contribution in [1.82, 2.24) is 0 Å². The summed E-state index contributed by atoms with van der Waals surface area (Å²) in [6, 6.07) is 13.2. The van der Waals surface area contributed by atoms with Crippen LogP contribution in [0.2, 0.25) is 12.6 Å². The molecule has 1 aromatic carbocycles. The summed E-state index contributed by atoms with van der Waals surface area (Å²) in [5.41, 5.74) is 1.56. The van der Waals surface area contributed by atoms with Crippen LogP contribution in [0.15, 0.2) is 30.3 Å². The van der Waals surface area contributed by atoms with E-state index in [2.05, 4.69) is 50.7 Å². The molecule has 1 fully saturated rings. The van der Waals surface area contributed by atoms with Crippen LogP contribution in [0, 0.1) is 0 Å². The topological polar surface area (TPSA) is 9.23 Å². The molecule has 0 N–H and O–H groups in total. The summed E-state index contributed by atoms with van der Waals surface area (Å²) < 4.78 is 6.28. The molecule has 0 aliphatic carbocycles. The lowest BCUT2D eigenvalue weighted by molar-refractivity contribution is 0.126. The Labute approximate surface area is 93.6 Å². The number of hydrogen-bond donors (Lipinski definition) is 0. The lowest BCUT2D eigenvalue weighted by Crippen LogP contribution is -2.36. The molecule has 0 amide bonds. The minimum Gasteiger partial charge on any atom is -0.412 e. The minimum absolute atomic E-state index is 0.121. The van der Waals surface area contributed by atoms with Gasteiger partial charge >= 0.3 is 0 Å². The highest BCUT2D eigenvalue weighted by Crippen LogP contribution is 2.36. The summed E-state index contributed by atoms with van der Waals surface area (Å²) in [4.78, 5) is 0. The zero-order valence-corrected chi connectivity index (χ0v) is 10.9. The van der Waals surface area contributed by atoms with Gasteiger partial charge in [0.2, 0.25) is 0 Å². The van der Waals surface area contributed by atoms with Gasteiger partial charge in [-0.05, 0) is 44.5 Å². The Kier molecular flexibility index (Phi) is 2.73. The Hall–Kier alpha value is -0.603. The van der Waals surface area contributed by atoms with Gasteiger partial charge in [0.1, 0.15) is 0 Å². The molecule has 1 unspecified atom stereocenters. The molecule has 1 aliphatic heterocycles. The van der Waals surface area contributed by atoms with Gasteiger partial charge < -0.3 is 4.43 Å². The first kappa shape index (κ1) is 10.9. The molecule has 1 atom stereocenters. The van der Waals surface area contributed by atoms with Crippen LogP contribution in [-0.2, 0) is 10.5 Å². The molecule has 1 saturated heterocycles. The molecule has 0 bridgehead atoms. The zero-order valence-electron chi connectivity index (χ0n) is 9.92. The highest BCUT2D eigenvalue weighted by Gasteiger charge is 2.42. The molecule has 1 nitrogen and oxygen atoms in total. The molecule has 2 rings (SSSR count). The van der Waals surface area contributed by atoms with Crippen molar-refractivity contribution in [3.05, 3.63) is 35.9 Å². The monoisotopic (exact) mass is 220 g/mol. The maximum absolute atomic E-state index is 6.28. The molecule has 1 heterocycles. The van der Waals surface area contributed by atoms with E-state index >= 15 is 0 Å². The van der Waals surface area contributed by atoms with E-state index in [9.17, 15) is 0 Å². The average Bonchev–Trinajstić information content (AvgIpc) is 2.42. The fourth-order valence-electron chi connectivity index (χ4n) is 2.49. The normalized spacial score (nSPS) is 29.3. The molecule has 82 valence electrons. The van der Waals surface area contributed by atoms with Crippen molar-refractivity contribution < 1.29 is 4.43 Å². The Morgan fingerprint density at radius 1 is 1.27 bits per heavy atom. The third-order valence-corrected chi connectivity index (χ3v) is 6.71. The van der Waals surface area contributed by atoms with Gasteiger partial charge in [0.25, 0.3) is 0 Å². The fraction of sp³-hybridized carbons (Fsp3) is 0.538. The van der Waals surface area contributed by atoms with Crippen LogP contribution in [0.25, 0.3) is 0 Å². The van der Waals surface area contributed by atoms with E-state index < -0.39 is 8.32 Å². The standard InChI is InChI=1S/C13H20OSi/c1-13(2)9-10-15(3,14-13)11-12-7-5-4-6-8-12/h4-8H,9-11H2,1-3H3. The van der Waals surface area contributed by atoms with Crippen molar-refractivity contribution in [3.63, 3.8) is 0 Å². The number of hydrogen-bond acceptors (Lipinski definition) is 1. The van der Waals surface area contributed by atoms with Crippen LogP contribution >= 0.6 is 0 Å². The van der Waals surface area contributed by atoms with Crippen LogP contribution < -0.4 is 0 Å². The second-order valence-corrected chi connectivity index (χ2v) is 9.43. The Balaban J connectivity index is 2.07. The van der Waals surface area contributed by atoms with Crippen LogP contribution in [0.4, 0.5) is 0 Å². The maximum Gasteiger partial charge on any atom is 0.194 e. The van der Waals surface area contributed by atoms with Crippen LogP contribution in [0.1, 0.15) is 25.8 Å². The molecule has 1 aromatic rings. The van der Waals surface area contributed by atoms with E-state index in [4.69, 9.17) is 4.43 Å². The van der Waals surface area contributed by atoms with Gasteiger partial charge in [0.15, 0.2) is 8.32 Å². The number of rotatable bonds is 2. The van der Waals surface area contributed by atoms with Crippen molar-refractivity contribution in [2.75, 3.05) is 0 Å². The second kappa shape index (κ2) is 3.76. The molecule has 0 radical (unpaired) electrons. The molecular weight excluding hydrogens is 200 g/mol. The lowest BCUT2D eigenvalue weighted by Gasteiger charge is -2.26. The van der Waals surface area contributed by atoms with Gasteiger partial charge in [-0.2, -0.15) is 0 Å². The first-order valence-corrected chi connectivity index (χ1v) is 8.56. The Morgan fingerprint density at radius 3 is 2.47 bits per heavy atom. The van der Waals surface area contributed by atoms with Crippen molar-refractivity contribution in [2.45, 2.75) is 44.5 Å². The van der Waals surface area contributed by atoms with Crippen LogP contribution in [0.5, 0.6) is 0 Å². The predicted octanol–water partition coefficient (Wildman–Crippen LogP) is 3.54. The summed E-state index contributed by atoms with van der Waals surface area (Å²) in [7, 11) is -1.46. The smallest absolute Gasteiger partial charge is 0.194 e. The van der Waals surface area contributed by atoms with Gasteiger partial charge in [-0.3, -0.25) is 0 Å². The molecule has 0 saturated carbocycles. The van der Waals surface area contributed by atoms with E-state index in [0.29, 0.717) is 0 Å². The minimum atomic E-state index is -1.46. The molecule has 1 aliphatic rings. The third kappa shape index (κ3) is 2.70. The van der Waals surface area contributed by atoms with E-state index in [1.54, 1.807) is 0 Å². The van der Waals surface area contributed by atoms with Crippen LogP contribution in [-0.4, -0.2) is 13.9 Å². The third-order valence-electron chi connectivity index (χ3n) is 3.20. The van der Waals surface area contributed by atoms with E-state index in [-0.39, 0.29) is 5.60 Å². The van der Waals surface area contributed by atoms with Gasteiger partial charge in [0, 0.05) is 0 Å². The molecule has 2 heteroatoms. The van der Waals surface area contributed by atoms with Gasteiger partial charge in [-0.1, -0.05) is 30.3 Å². The summed E-state index contributed by atoms with van der Waals surface area (Å²) in [6.45, 7) is 6.81. The van der Waals surface area contributed by atoms with Crippen molar-refractivity contribution >= 4 is 8.32 Å².